The van der Waals surface area contributed by atoms with Crippen LogP contribution in [0.1, 0.15) is 48.4 Å². The van der Waals surface area contributed by atoms with Crippen molar-refractivity contribution in [3.8, 4) is 12.1 Å². The molecule has 1 aromatic carbocycles. The minimum Gasteiger partial charge on any atom is -0.383 e. The number of rotatable bonds is 4. The first kappa shape index (κ1) is 20.4. The van der Waals surface area contributed by atoms with E-state index in [9.17, 15) is 20.1 Å². The third-order valence-electron chi connectivity index (χ3n) is 4.68. The summed E-state index contributed by atoms with van der Waals surface area (Å²) < 4.78 is 0. The molecule has 3 rings (SSSR count). The maximum absolute atomic E-state index is 12.9. The van der Waals surface area contributed by atoms with E-state index < -0.39 is 5.25 Å². The Hall–Kier alpha value is -3.36. The number of imide groups is 1. The van der Waals surface area contributed by atoms with Gasteiger partial charge in [-0.05, 0) is 30.5 Å². The number of pyridine rings is 1. The highest BCUT2D eigenvalue weighted by Crippen LogP contribution is 2.38. The SMILES string of the molecule is Cc1ccc(N2C(=O)CC(Sc3nc(N)c(C#N)c(C(C)C)c3C#N)C2=O)cc1. The maximum atomic E-state index is 12.9. The second-order valence-corrected chi connectivity index (χ2v) is 8.25. The van der Waals surface area contributed by atoms with Gasteiger partial charge in [0, 0.05) is 6.42 Å². The molecule has 2 N–H and O–H groups in total. The van der Waals surface area contributed by atoms with Crippen LogP contribution >= 0.6 is 11.8 Å². The number of hydrogen-bond acceptors (Lipinski definition) is 7. The molecule has 146 valence electrons. The van der Waals surface area contributed by atoms with Crippen LogP contribution in [0, 0.1) is 29.6 Å². The first-order valence-corrected chi connectivity index (χ1v) is 9.90. The van der Waals surface area contributed by atoms with Crippen LogP contribution in [0.25, 0.3) is 0 Å². The summed E-state index contributed by atoms with van der Waals surface area (Å²) in [5, 5.41) is 18.7. The topological polar surface area (TPSA) is 124 Å². The van der Waals surface area contributed by atoms with E-state index in [1.54, 1.807) is 12.1 Å². The number of aromatic nitrogens is 1. The molecule has 0 spiro atoms. The second-order valence-electron chi connectivity index (χ2n) is 7.06. The predicted molar refractivity (Wildman–Crippen MR) is 110 cm³/mol. The smallest absolute Gasteiger partial charge is 0.247 e. The molecular formula is C21H19N5O2S. The Morgan fingerprint density at radius 2 is 1.79 bits per heavy atom. The van der Waals surface area contributed by atoms with Gasteiger partial charge in [0.25, 0.3) is 0 Å². The number of carbonyl (C=O) groups excluding carboxylic acids is 2. The molecular weight excluding hydrogens is 386 g/mol. The van der Waals surface area contributed by atoms with Gasteiger partial charge in [0.15, 0.2) is 0 Å². The monoisotopic (exact) mass is 405 g/mol. The second kappa shape index (κ2) is 7.94. The summed E-state index contributed by atoms with van der Waals surface area (Å²) in [7, 11) is 0. The van der Waals surface area contributed by atoms with Gasteiger partial charge in [-0.1, -0.05) is 43.3 Å². The van der Waals surface area contributed by atoms with Crippen molar-refractivity contribution in [2.24, 2.45) is 0 Å². The molecule has 1 fully saturated rings. The van der Waals surface area contributed by atoms with Crippen LogP contribution in [-0.2, 0) is 9.59 Å². The number of nitrogen functional groups attached to an aromatic ring is 1. The van der Waals surface area contributed by atoms with Crippen molar-refractivity contribution in [3.63, 3.8) is 0 Å². The molecule has 29 heavy (non-hydrogen) atoms. The molecule has 7 nitrogen and oxygen atoms in total. The Bertz CT molecular complexity index is 1080. The van der Waals surface area contributed by atoms with Crippen molar-refractivity contribution in [2.75, 3.05) is 10.6 Å². The van der Waals surface area contributed by atoms with Crippen LogP contribution in [0.15, 0.2) is 29.3 Å². The number of benzene rings is 1. The van der Waals surface area contributed by atoms with E-state index in [0.29, 0.717) is 11.3 Å². The Balaban J connectivity index is 1.98. The van der Waals surface area contributed by atoms with Gasteiger partial charge in [-0.15, -0.1) is 0 Å². The third-order valence-corrected chi connectivity index (χ3v) is 5.85. The van der Waals surface area contributed by atoms with Gasteiger partial charge in [0.05, 0.1) is 22.1 Å². The van der Waals surface area contributed by atoms with Crippen LogP contribution in [0.2, 0.25) is 0 Å². The zero-order chi connectivity index (χ0) is 21.3. The summed E-state index contributed by atoms with van der Waals surface area (Å²) in [6.45, 7) is 5.63. The standard InChI is InChI=1S/C21H19N5O2S/c1-11(2)18-14(9-22)19(24)25-20(15(18)10-23)29-16-8-17(27)26(21(16)28)13-6-4-12(3)5-7-13/h4-7,11,16H,8H2,1-3H3,(H2,24,25). The molecule has 0 bridgehead atoms. The highest BCUT2D eigenvalue weighted by atomic mass is 32.2. The Labute approximate surface area is 173 Å². The number of amides is 2. The molecule has 8 heteroatoms. The van der Waals surface area contributed by atoms with Crippen molar-refractivity contribution in [2.45, 2.75) is 43.4 Å². The Morgan fingerprint density at radius 1 is 1.17 bits per heavy atom. The van der Waals surface area contributed by atoms with Gasteiger partial charge >= 0.3 is 0 Å². The van der Waals surface area contributed by atoms with E-state index in [2.05, 4.69) is 11.1 Å². The summed E-state index contributed by atoms with van der Waals surface area (Å²) >= 11 is 1.05. The molecule has 1 aliphatic heterocycles. The lowest BCUT2D eigenvalue weighted by molar-refractivity contribution is -0.121. The lowest BCUT2D eigenvalue weighted by atomic mass is 9.94. The molecule has 1 saturated heterocycles. The van der Waals surface area contributed by atoms with Crippen LogP contribution in [0.5, 0.6) is 0 Å². The van der Waals surface area contributed by atoms with E-state index in [4.69, 9.17) is 5.73 Å². The van der Waals surface area contributed by atoms with Gasteiger partial charge in [-0.3, -0.25) is 9.59 Å². The maximum Gasteiger partial charge on any atom is 0.247 e. The van der Waals surface area contributed by atoms with Gasteiger partial charge < -0.3 is 5.73 Å². The number of hydrogen-bond donors (Lipinski definition) is 1. The van der Waals surface area contributed by atoms with Crippen LogP contribution < -0.4 is 10.6 Å². The van der Waals surface area contributed by atoms with E-state index in [0.717, 1.165) is 17.3 Å². The van der Waals surface area contributed by atoms with E-state index in [-0.39, 0.29) is 46.1 Å². The minimum atomic E-state index is -0.712. The quantitative estimate of drug-likeness (QED) is 0.774. The molecule has 0 aliphatic carbocycles. The molecule has 2 aromatic rings. The highest BCUT2D eigenvalue weighted by Gasteiger charge is 2.41. The molecule has 1 aromatic heterocycles. The normalized spacial score (nSPS) is 16.2. The third kappa shape index (κ3) is 3.67. The molecule has 1 unspecified atom stereocenters. The van der Waals surface area contributed by atoms with Crippen molar-refractivity contribution in [1.82, 2.24) is 4.98 Å². The number of anilines is 2. The van der Waals surface area contributed by atoms with Gasteiger partial charge in [-0.2, -0.15) is 10.5 Å². The highest BCUT2D eigenvalue weighted by molar-refractivity contribution is 8.00. The number of nitrogens with zero attached hydrogens (tertiary/aromatic N) is 4. The fourth-order valence-corrected chi connectivity index (χ4v) is 4.41. The zero-order valence-electron chi connectivity index (χ0n) is 16.3. The van der Waals surface area contributed by atoms with Gasteiger partial charge in [0.1, 0.15) is 23.0 Å². The fourth-order valence-electron chi connectivity index (χ4n) is 3.28. The van der Waals surface area contributed by atoms with E-state index in [1.165, 1.54) is 4.90 Å². The first-order valence-electron chi connectivity index (χ1n) is 9.02. The predicted octanol–water partition coefficient (Wildman–Crippen LogP) is 3.26. The van der Waals surface area contributed by atoms with Crippen LogP contribution in [0.4, 0.5) is 11.5 Å². The lowest BCUT2D eigenvalue weighted by Gasteiger charge is -2.17. The van der Waals surface area contributed by atoms with Gasteiger partial charge in [0.2, 0.25) is 11.8 Å². The summed E-state index contributed by atoms with van der Waals surface area (Å²) in [6.07, 6.45) is 0.000836. The Kier molecular flexibility index (Phi) is 5.58. The molecule has 1 aliphatic rings. The number of nitriles is 2. The summed E-state index contributed by atoms with van der Waals surface area (Å²) in [6, 6.07) is 11.2. The number of thioether (sulfide) groups is 1. The molecule has 0 saturated carbocycles. The zero-order valence-corrected chi connectivity index (χ0v) is 17.1. The number of aryl methyl sites for hydroxylation is 1. The fraction of sp³-hybridized carbons (Fsp3) is 0.286. The van der Waals surface area contributed by atoms with Crippen molar-refractivity contribution in [3.05, 3.63) is 46.5 Å². The average molecular weight is 405 g/mol. The van der Waals surface area contributed by atoms with Crippen LogP contribution in [-0.4, -0.2) is 22.0 Å². The van der Waals surface area contributed by atoms with Crippen LogP contribution in [0.3, 0.4) is 0 Å². The van der Waals surface area contributed by atoms with E-state index in [1.807, 2.05) is 39.0 Å². The Morgan fingerprint density at radius 3 is 2.34 bits per heavy atom. The van der Waals surface area contributed by atoms with Crippen molar-refractivity contribution < 1.29 is 9.59 Å². The largest absolute Gasteiger partial charge is 0.383 e. The summed E-state index contributed by atoms with van der Waals surface area (Å²) in [5.74, 6) is -0.775. The molecule has 2 heterocycles. The van der Waals surface area contributed by atoms with Crippen molar-refractivity contribution in [1.29, 1.82) is 10.5 Å². The lowest BCUT2D eigenvalue weighted by Crippen LogP contribution is -2.31. The molecule has 1 atom stereocenters. The number of nitrogens with two attached hydrogens (primary N) is 1. The minimum absolute atomic E-state index is 0.000836. The van der Waals surface area contributed by atoms with Gasteiger partial charge in [-0.25, -0.2) is 9.88 Å². The summed E-state index contributed by atoms with van der Waals surface area (Å²) in [4.78, 5) is 30.8. The van der Waals surface area contributed by atoms with Crippen molar-refractivity contribution >= 4 is 35.1 Å². The van der Waals surface area contributed by atoms with E-state index >= 15 is 0 Å². The first-order chi connectivity index (χ1) is 13.8. The average Bonchev–Trinajstić information content (AvgIpc) is 2.95. The molecule has 2 amide bonds. The summed E-state index contributed by atoms with van der Waals surface area (Å²) in [5.41, 5.74) is 8.40. The number of carbonyl (C=O) groups is 2. The molecule has 0 radical (unpaired) electrons.